The fraction of sp³-hybridized carbons (Fsp3) is 0.364. The van der Waals surface area contributed by atoms with E-state index in [0.29, 0.717) is 41.3 Å². The monoisotopic (exact) mass is 243 g/mol. The Hall–Kier alpha value is -1.26. The first-order chi connectivity index (χ1) is 7.69. The van der Waals surface area contributed by atoms with E-state index in [4.69, 9.17) is 26.8 Å². The molecule has 0 amide bonds. The number of nitrogens with two attached hydrogens (primary N) is 1. The highest BCUT2D eigenvalue weighted by molar-refractivity contribution is 6.32. The lowest BCUT2D eigenvalue weighted by Crippen LogP contribution is -2.07. The molecule has 1 aromatic carbocycles. The molecule has 1 rings (SSSR count). The summed E-state index contributed by atoms with van der Waals surface area (Å²) in [5, 5.41) is 0.463. The largest absolute Gasteiger partial charge is 0.492 e. The highest BCUT2D eigenvalue weighted by Gasteiger charge is 2.17. The number of carbonyl (C=O) groups excluding carboxylic acids is 1. The van der Waals surface area contributed by atoms with Crippen molar-refractivity contribution in [3.05, 3.63) is 22.2 Å². The van der Waals surface area contributed by atoms with Gasteiger partial charge >= 0.3 is 0 Å². The molecule has 0 aliphatic heterocycles. The second-order valence-electron chi connectivity index (χ2n) is 3.15. The van der Waals surface area contributed by atoms with E-state index in [1.165, 1.54) is 14.2 Å². The van der Waals surface area contributed by atoms with Gasteiger partial charge in [-0.15, -0.1) is 0 Å². The van der Waals surface area contributed by atoms with Gasteiger partial charge in [0.1, 0.15) is 0 Å². The van der Waals surface area contributed by atoms with Crippen molar-refractivity contribution < 1.29 is 14.3 Å². The van der Waals surface area contributed by atoms with Crippen LogP contribution in [-0.2, 0) is 6.42 Å². The first-order valence-corrected chi connectivity index (χ1v) is 5.16. The van der Waals surface area contributed by atoms with Crippen molar-refractivity contribution in [1.82, 2.24) is 0 Å². The van der Waals surface area contributed by atoms with Gasteiger partial charge in [-0.2, -0.15) is 0 Å². The number of carbonyl (C=O) groups is 1. The van der Waals surface area contributed by atoms with Crippen molar-refractivity contribution in [1.29, 1.82) is 0 Å². The van der Waals surface area contributed by atoms with E-state index in [9.17, 15) is 4.79 Å². The Kier molecular flexibility index (Phi) is 4.58. The predicted octanol–water partition coefficient (Wildman–Crippen LogP) is 1.67. The standard InChI is InChI=1S/C11H14ClNO3/c1-15-10-7(6-14)5-9(12)8(3-4-13)11(10)16-2/h5-6H,3-4,13H2,1-2H3. The van der Waals surface area contributed by atoms with Crippen molar-refractivity contribution >= 4 is 17.9 Å². The minimum Gasteiger partial charge on any atom is -0.492 e. The molecule has 5 heteroatoms. The van der Waals surface area contributed by atoms with Gasteiger partial charge in [-0.25, -0.2) is 0 Å². The van der Waals surface area contributed by atoms with Crippen molar-refractivity contribution in [3.8, 4) is 11.5 Å². The van der Waals surface area contributed by atoms with E-state index in [2.05, 4.69) is 0 Å². The Morgan fingerprint density at radius 3 is 2.44 bits per heavy atom. The van der Waals surface area contributed by atoms with Gasteiger partial charge in [0.25, 0.3) is 0 Å². The lowest BCUT2D eigenvalue weighted by atomic mass is 10.1. The first kappa shape index (κ1) is 12.8. The number of benzene rings is 1. The van der Waals surface area contributed by atoms with Gasteiger partial charge in [0.2, 0.25) is 0 Å². The zero-order chi connectivity index (χ0) is 12.1. The van der Waals surface area contributed by atoms with Crippen LogP contribution >= 0.6 is 11.6 Å². The number of rotatable bonds is 5. The van der Waals surface area contributed by atoms with Gasteiger partial charge in [-0.05, 0) is 19.0 Å². The third-order valence-corrected chi connectivity index (χ3v) is 2.58. The average Bonchev–Trinajstić information content (AvgIpc) is 2.30. The molecule has 0 aromatic heterocycles. The Morgan fingerprint density at radius 1 is 1.38 bits per heavy atom. The molecular formula is C11H14ClNO3. The fourth-order valence-corrected chi connectivity index (χ4v) is 1.85. The molecule has 16 heavy (non-hydrogen) atoms. The van der Waals surface area contributed by atoms with Crippen LogP contribution in [-0.4, -0.2) is 27.1 Å². The summed E-state index contributed by atoms with van der Waals surface area (Å²) in [5.74, 6) is 0.868. The van der Waals surface area contributed by atoms with E-state index in [-0.39, 0.29) is 0 Å². The summed E-state index contributed by atoms with van der Waals surface area (Å²) in [6.07, 6.45) is 1.25. The average molecular weight is 244 g/mol. The van der Waals surface area contributed by atoms with Crippen LogP contribution in [0.25, 0.3) is 0 Å². The van der Waals surface area contributed by atoms with Crippen molar-refractivity contribution in [2.45, 2.75) is 6.42 Å². The molecule has 0 atom stereocenters. The lowest BCUT2D eigenvalue weighted by molar-refractivity contribution is 0.112. The first-order valence-electron chi connectivity index (χ1n) is 4.78. The van der Waals surface area contributed by atoms with Crippen LogP contribution in [0.2, 0.25) is 5.02 Å². The number of halogens is 1. The third kappa shape index (κ3) is 2.28. The summed E-state index contributed by atoms with van der Waals surface area (Å²) < 4.78 is 10.4. The minimum absolute atomic E-state index is 0.366. The van der Waals surface area contributed by atoms with E-state index >= 15 is 0 Å². The maximum atomic E-state index is 10.9. The molecule has 2 N–H and O–H groups in total. The Balaban J connectivity index is 3.44. The summed E-state index contributed by atoms with van der Waals surface area (Å²) in [4.78, 5) is 10.9. The molecule has 0 bridgehead atoms. The lowest BCUT2D eigenvalue weighted by Gasteiger charge is -2.15. The SMILES string of the molecule is COc1c(C=O)cc(Cl)c(CCN)c1OC. The molecule has 0 saturated heterocycles. The van der Waals surface area contributed by atoms with Crippen LogP contribution in [0.3, 0.4) is 0 Å². The number of hydrogen-bond donors (Lipinski definition) is 1. The normalized spacial score (nSPS) is 10.0. The van der Waals surface area contributed by atoms with Gasteiger partial charge in [0.05, 0.1) is 19.8 Å². The van der Waals surface area contributed by atoms with Gasteiger partial charge in [-0.3, -0.25) is 4.79 Å². The van der Waals surface area contributed by atoms with Crippen LogP contribution in [0, 0.1) is 0 Å². The second-order valence-corrected chi connectivity index (χ2v) is 3.56. The zero-order valence-electron chi connectivity index (χ0n) is 9.25. The van der Waals surface area contributed by atoms with Gasteiger partial charge in [-0.1, -0.05) is 11.6 Å². The summed E-state index contributed by atoms with van der Waals surface area (Å²) in [7, 11) is 2.98. The predicted molar refractivity (Wildman–Crippen MR) is 62.7 cm³/mol. The number of aldehydes is 1. The van der Waals surface area contributed by atoms with Crippen LogP contribution in [0.1, 0.15) is 15.9 Å². The molecule has 0 radical (unpaired) electrons. The Labute approximate surface area is 99.3 Å². The summed E-state index contributed by atoms with van der Waals surface area (Å²) in [6.45, 7) is 0.444. The molecule has 0 saturated carbocycles. The minimum atomic E-state index is 0.366. The molecule has 0 aliphatic rings. The van der Waals surface area contributed by atoms with Crippen molar-refractivity contribution in [2.24, 2.45) is 5.73 Å². The smallest absolute Gasteiger partial charge is 0.171 e. The Morgan fingerprint density at radius 2 is 2.00 bits per heavy atom. The molecule has 4 nitrogen and oxygen atoms in total. The number of methoxy groups -OCH3 is 2. The zero-order valence-corrected chi connectivity index (χ0v) is 10.0. The molecule has 88 valence electrons. The maximum Gasteiger partial charge on any atom is 0.171 e. The van der Waals surface area contributed by atoms with Crippen LogP contribution < -0.4 is 15.2 Å². The van der Waals surface area contributed by atoms with Gasteiger partial charge < -0.3 is 15.2 Å². The van der Waals surface area contributed by atoms with Crippen LogP contribution in [0.5, 0.6) is 11.5 Å². The molecule has 0 heterocycles. The topological polar surface area (TPSA) is 61.5 Å². The molecule has 0 spiro atoms. The van der Waals surface area contributed by atoms with E-state index < -0.39 is 0 Å². The third-order valence-electron chi connectivity index (χ3n) is 2.24. The maximum absolute atomic E-state index is 10.9. The van der Waals surface area contributed by atoms with Crippen LogP contribution in [0.15, 0.2) is 6.07 Å². The van der Waals surface area contributed by atoms with Crippen molar-refractivity contribution in [2.75, 3.05) is 20.8 Å². The molecule has 0 fully saturated rings. The molecule has 0 aliphatic carbocycles. The highest BCUT2D eigenvalue weighted by Crippen LogP contribution is 2.38. The van der Waals surface area contributed by atoms with Gasteiger partial charge in [0.15, 0.2) is 17.8 Å². The number of hydrogen-bond acceptors (Lipinski definition) is 4. The summed E-state index contributed by atoms with van der Waals surface area (Å²) in [5.41, 5.74) is 6.61. The summed E-state index contributed by atoms with van der Waals surface area (Å²) >= 11 is 6.05. The second kappa shape index (κ2) is 5.72. The van der Waals surface area contributed by atoms with Crippen molar-refractivity contribution in [3.63, 3.8) is 0 Å². The molecule has 1 aromatic rings. The van der Waals surface area contributed by atoms with Crippen LogP contribution in [0.4, 0.5) is 0 Å². The fourth-order valence-electron chi connectivity index (χ4n) is 1.56. The van der Waals surface area contributed by atoms with E-state index in [1.54, 1.807) is 6.07 Å². The summed E-state index contributed by atoms with van der Waals surface area (Å²) in [6, 6.07) is 1.56. The van der Waals surface area contributed by atoms with Gasteiger partial charge in [0, 0.05) is 10.6 Å². The number of ether oxygens (including phenoxy) is 2. The molecular weight excluding hydrogens is 230 g/mol. The molecule has 0 unspecified atom stereocenters. The highest BCUT2D eigenvalue weighted by atomic mass is 35.5. The van der Waals surface area contributed by atoms with E-state index in [1.807, 2.05) is 0 Å². The Bertz CT molecular complexity index is 393. The van der Waals surface area contributed by atoms with E-state index in [0.717, 1.165) is 5.56 Å². The quantitative estimate of drug-likeness (QED) is 0.800.